The van der Waals surface area contributed by atoms with E-state index >= 15 is 0 Å². The van der Waals surface area contributed by atoms with Crippen molar-refractivity contribution in [1.29, 1.82) is 0 Å². The van der Waals surface area contributed by atoms with Gasteiger partial charge in [0.15, 0.2) is 0 Å². The molecule has 3 amide bonds. The third kappa shape index (κ3) is 4.49. The Morgan fingerprint density at radius 2 is 2.00 bits per heavy atom. The molecule has 3 N–H and O–H groups in total. The number of para-hydroxylation sites is 1. The van der Waals surface area contributed by atoms with Gasteiger partial charge in [-0.05, 0) is 18.6 Å². The normalized spacial score (nSPS) is 16.4. The molecular formula is C15H19N3O3S. The molecule has 0 fully saturated rings. The Balaban J connectivity index is 1.82. The number of carbonyl (C=O) groups excluding carboxylic acids is 3. The summed E-state index contributed by atoms with van der Waals surface area (Å²) < 4.78 is 0. The lowest BCUT2D eigenvalue weighted by Crippen LogP contribution is -2.40. The van der Waals surface area contributed by atoms with Gasteiger partial charge in [0.1, 0.15) is 0 Å². The molecule has 0 saturated carbocycles. The first-order valence-corrected chi connectivity index (χ1v) is 8.08. The molecule has 22 heavy (non-hydrogen) atoms. The molecule has 0 bridgehead atoms. The number of thioether (sulfide) groups is 1. The minimum absolute atomic E-state index is 0.0475. The van der Waals surface area contributed by atoms with E-state index in [0.29, 0.717) is 6.54 Å². The Morgan fingerprint density at radius 1 is 1.23 bits per heavy atom. The van der Waals surface area contributed by atoms with Crippen molar-refractivity contribution in [2.45, 2.75) is 29.9 Å². The number of fused-ring (bicyclic) bond motifs is 1. The molecule has 0 aliphatic carbocycles. The van der Waals surface area contributed by atoms with Gasteiger partial charge in [0, 0.05) is 17.9 Å². The molecule has 1 aliphatic heterocycles. The molecule has 6 nitrogen and oxygen atoms in total. The van der Waals surface area contributed by atoms with Gasteiger partial charge < -0.3 is 16.0 Å². The molecule has 1 aliphatic rings. The van der Waals surface area contributed by atoms with Crippen molar-refractivity contribution in [1.82, 2.24) is 10.6 Å². The molecule has 118 valence electrons. The Hall–Kier alpha value is -2.02. The van der Waals surface area contributed by atoms with Crippen LogP contribution < -0.4 is 16.0 Å². The van der Waals surface area contributed by atoms with Crippen molar-refractivity contribution in [2.75, 3.05) is 18.4 Å². The molecule has 0 saturated heterocycles. The number of amides is 3. The van der Waals surface area contributed by atoms with Gasteiger partial charge in [0.25, 0.3) is 0 Å². The lowest BCUT2D eigenvalue weighted by atomic mass is 10.2. The van der Waals surface area contributed by atoms with E-state index in [4.69, 9.17) is 0 Å². The summed E-state index contributed by atoms with van der Waals surface area (Å²) in [6, 6.07) is 7.47. The van der Waals surface area contributed by atoms with Crippen LogP contribution in [0.5, 0.6) is 0 Å². The lowest BCUT2D eigenvalue weighted by molar-refractivity contribution is -0.127. The Kier molecular flexibility index (Phi) is 5.83. The van der Waals surface area contributed by atoms with E-state index < -0.39 is 5.25 Å². The van der Waals surface area contributed by atoms with Gasteiger partial charge in [-0.25, -0.2) is 0 Å². The highest BCUT2D eigenvalue weighted by Crippen LogP contribution is 2.36. The van der Waals surface area contributed by atoms with Crippen LogP contribution in [0.15, 0.2) is 29.2 Å². The second kappa shape index (κ2) is 7.84. The van der Waals surface area contributed by atoms with Gasteiger partial charge in [0.05, 0.1) is 17.5 Å². The van der Waals surface area contributed by atoms with Crippen molar-refractivity contribution in [2.24, 2.45) is 0 Å². The van der Waals surface area contributed by atoms with E-state index in [-0.39, 0.29) is 30.7 Å². The van der Waals surface area contributed by atoms with Crippen molar-refractivity contribution < 1.29 is 14.4 Å². The lowest BCUT2D eigenvalue weighted by Gasteiger charge is -2.23. The third-order valence-corrected chi connectivity index (χ3v) is 4.37. The molecule has 0 unspecified atom stereocenters. The highest BCUT2D eigenvalue weighted by Gasteiger charge is 2.28. The predicted molar refractivity (Wildman–Crippen MR) is 85.6 cm³/mol. The predicted octanol–water partition coefficient (Wildman–Crippen LogP) is 1.13. The topological polar surface area (TPSA) is 87.3 Å². The minimum atomic E-state index is -0.478. The fourth-order valence-electron chi connectivity index (χ4n) is 1.97. The second-order valence-electron chi connectivity index (χ2n) is 4.92. The zero-order valence-electron chi connectivity index (χ0n) is 12.3. The number of hydrogen-bond donors (Lipinski definition) is 3. The Morgan fingerprint density at radius 3 is 2.77 bits per heavy atom. The van der Waals surface area contributed by atoms with Crippen molar-refractivity contribution in [3.63, 3.8) is 0 Å². The van der Waals surface area contributed by atoms with E-state index in [1.54, 1.807) is 0 Å². The van der Waals surface area contributed by atoms with Crippen LogP contribution >= 0.6 is 11.8 Å². The van der Waals surface area contributed by atoms with Crippen LogP contribution in [-0.4, -0.2) is 36.1 Å². The molecule has 1 aromatic rings. The van der Waals surface area contributed by atoms with Crippen molar-refractivity contribution >= 4 is 35.2 Å². The summed E-state index contributed by atoms with van der Waals surface area (Å²) in [6.07, 6.45) is 0.893. The summed E-state index contributed by atoms with van der Waals surface area (Å²) in [4.78, 5) is 36.2. The first kappa shape index (κ1) is 16.4. The summed E-state index contributed by atoms with van der Waals surface area (Å²) in [5, 5.41) is 7.52. The van der Waals surface area contributed by atoms with Crippen LogP contribution in [0, 0.1) is 0 Å². The number of carbonyl (C=O) groups is 3. The van der Waals surface area contributed by atoms with Crippen LogP contribution in [0.25, 0.3) is 0 Å². The number of nitrogens with one attached hydrogen (secondary N) is 3. The third-order valence-electron chi connectivity index (χ3n) is 3.10. The zero-order chi connectivity index (χ0) is 15.9. The first-order valence-electron chi connectivity index (χ1n) is 7.20. The van der Waals surface area contributed by atoms with E-state index in [9.17, 15) is 14.4 Å². The molecular weight excluding hydrogens is 302 g/mol. The Labute approximate surface area is 133 Å². The van der Waals surface area contributed by atoms with Gasteiger partial charge in [-0.1, -0.05) is 19.1 Å². The molecule has 1 aromatic carbocycles. The summed E-state index contributed by atoms with van der Waals surface area (Å²) in [5.41, 5.74) is 0.771. The van der Waals surface area contributed by atoms with Gasteiger partial charge in [-0.15, -0.1) is 11.8 Å². The molecule has 0 radical (unpaired) electrons. The maximum absolute atomic E-state index is 12.0. The van der Waals surface area contributed by atoms with E-state index in [0.717, 1.165) is 17.0 Å². The summed E-state index contributed by atoms with van der Waals surface area (Å²) in [6.45, 7) is 2.48. The van der Waals surface area contributed by atoms with Gasteiger partial charge in [-0.3, -0.25) is 14.4 Å². The van der Waals surface area contributed by atoms with E-state index in [1.165, 1.54) is 11.8 Å². The molecule has 0 spiro atoms. The Bertz CT molecular complexity index is 577. The number of hydrogen-bond acceptors (Lipinski definition) is 4. The molecule has 1 atom stereocenters. The minimum Gasteiger partial charge on any atom is -0.355 e. The second-order valence-corrected chi connectivity index (χ2v) is 6.17. The molecule has 7 heteroatoms. The number of rotatable bonds is 6. The maximum Gasteiger partial charge on any atom is 0.239 e. The molecule has 1 heterocycles. The summed E-state index contributed by atoms with van der Waals surface area (Å²) in [5.74, 6) is -0.714. The van der Waals surface area contributed by atoms with Crippen LogP contribution in [0.1, 0.15) is 19.8 Å². The average Bonchev–Trinajstić information content (AvgIpc) is 2.51. The zero-order valence-corrected chi connectivity index (χ0v) is 13.2. The maximum atomic E-state index is 12.0. The van der Waals surface area contributed by atoms with E-state index in [2.05, 4.69) is 16.0 Å². The number of anilines is 1. The smallest absolute Gasteiger partial charge is 0.239 e. The van der Waals surface area contributed by atoms with Crippen LogP contribution in [-0.2, 0) is 14.4 Å². The van der Waals surface area contributed by atoms with Crippen molar-refractivity contribution in [3.05, 3.63) is 24.3 Å². The van der Waals surface area contributed by atoms with E-state index in [1.807, 2.05) is 31.2 Å². The van der Waals surface area contributed by atoms with Crippen LogP contribution in [0.3, 0.4) is 0 Å². The van der Waals surface area contributed by atoms with Crippen LogP contribution in [0.2, 0.25) is 0 Å². The summed E-state index contributed by atoms with van der Waals surface area (Å²) in [7, 11) is 0. The van der Waals surface area contributed by atoms with Gasteiger partial charge >= 0.3 is 0 Å². The fraction of sp³-hybridized carbons (Fsp3) is 0.400. The highest BCUT2D eigenvalue weighted by atomic mass is 32.2. The SMILES string of the molecule is CCCNC(=O)CNC(=O)C[C@H]1Sc2ccccc2NC1=O. The fourth-order valence-corrected chi connectivity index (χ4v) is 3.08. The number of benzene rings is 1. The molecule has 2 rings (SSSR count). The van der Waals surface area contributed by atoms with Gasteiger partial charge in [-0.2, -0.15) is 0 Å². The first-order chi connectivity index (χ1) is 10.6. The van der Waals surface area contributed by atoms with Gasteiger partial charge in [0.2, 0.25) is 17.7 Å². The van der Waals surface area contributed by atoms with Crippen LogP contribution in [0.4, 0.5) is 5.69 Å². The quantitative estimate of drug-likeness (QED) is 0.733. The summed E-state index contributed by atoms with van der Waals surface area (Å²) >= 11 is 1.37. The highest BCUT2D eigenvalue weighted by molar-refractivity contribution is 8.01. The average molecular weight is 321 g/mol. The molecule has 0 aromatic heterocycles. The standard InChI is InChI=1S/C15H19N3O3S/c1-2-7-16-14(20)9-17-13(19)8-12-15(21)18-10-5-3-4-6-11(10)22-12/h3-6,12H,2,7-9H2,1H3,(H,16,20)(H,17,19)(H,18,21)/t12-/m1/s1. The van der Waals surface area contributed by atoms with Crippen molar-refractivity contribution in [3.8, 4) is 0 Å². The monoisotopic (exact) mass is 321 g/mol. The largest absolute Gasteiger partial charge is 0.355 e.